The maximum atomic E-state index is 12.1. The zero-order valence-electron chi connectivity index (χ0n) is 12.1. The van der Waals surface area contributed by atoms with Crippen LogP contribution in [-0.2, 0) is 0 Å². The van der Waals surface area contributed by atoms with Gasteiger partial charge in [0.2, 0.25) is 0 Å². The van der Waals surface area contributed by atoms with Crippen LogP contribution in [0.15, 0.2) is 28.2 Å². The molecule has 0 aliphatic rings. The SMILES string of the molecule is CSc1nc(-c2ccc(OCC(F)(F)F)cc2O)c(C#N)c(=O)[nH]1. The Hall–Kier alpha value is -2.67. The molecule has 2 aromatic rings. The number of nitriles is 1. The van der Waals surface area contributed by atoms with Crippen molar-refractivity contribution in [2.45, 2.75) is 11.3 Å². The summed E-state index contributed by atoms with van der Waals surface area (Å²) < 4.78 is 40.9. The van der Waals surface area contributed by atoms with Crippen LogP contribution in [-0.4, -0.2) is 34.1 Å². The molecule has 126 valence electrons. The fourth-order valence-corrected chi connectivity index (χ4v) is 2.19. The Balaban J connectivity index is 2.45. The normalized spacial score (nSPS) is 11.1. The lowest BCUT2D eigenvalue weighted by atomic mass is 10.1. The summed E-state index contributed by atoms with van der Waals surface area (Å²) >= 11 is 1.12. The first-order chi connectivity index (χ1) is 11.2. The third-order valence-corrected chi connectivity index (χ3v) is 3.41. The quantitative estimate of drug-likeness (QED) is 0.645. The van der Waals surface area contributed by atoms with E-state index in [0.717, 1.165) is 17.8 Å². The van der Waals surface area contributed by atoms with E-state index >= 15 is 0 Å². The van der Waals surface area contributed by atoms with Gasteiger partial charge in [-0.1, -0.05) is 11.8 Å². The summed E-state index contributed by atoms with van der Waals surface area (Å²) in [5.74, 6) is -0.668. The van der Waals surface area contributed by atoms with Gasteiger partial charge in [-0.3, -0.25) is 4.79 Å². The van der Waals surface area contributed by atoms with Crippen molar-refractivity contribution in [2.75, 3.05) is 12.9 Å². The predicted octanol–water partition coefficient (Wildman–Crippen LogP) is 2.68. The van der Waals surface area contributed by atoms with Gasteiger partial charge in [-0.05, 0) is 18.4 Å². The number of nitrogens with one attached hydrogen (secondary N) is 1. The van der Waals surface area contributed by atoms with Crippen molar-refractivity contribution in [3.8, 4) is 28.8 Å². The number of aromatic hydroxyl groups is 1. The van der Waals surface area contributed by atoms with Crippen LogP contribution < -0.4 is 10.3 Å². The van der Waals surface area contributed by atoms with Gasteiger partial charge in [0.1, 0.15) is 28.8 Å². The van der Waals surface area contributed by atoms with Gasteiger partial charge in [-0.15, -0.1) is 0 Å². The Bertz CT molecular complexity index is 859. The number of aromatic amines is 1. The Morgan fingerprint density at radius 3 is 2.71 bits per heavy atom. The molecule has 2 N–H and O–H groups in total. The lowest BCUT2D eigenvalue weighted by Gasteiger charge is -2.11. The molecule has 1 aromatic carbocycles. The van der Waals surface area contributed by atoms with E-state index < -0.39 is 24.1 Å². The number of halogens is 3. The first-order valence-electron chi connectivity index (χ1n) is 6.36. The van der Waals surface area contributed by atoms with Gasteiger partial charge in [-0.25, -0.2) is 4.98 Å². The molecule has 6 nitrogen and oxygen atoms in total. The van der Waals surface area contributed by atoms with Gasteiger partial charge in [0, 0.05) is 11.6 Å². The zero-order valence-corrected chi connectivity index (χ0v) is 13.0. The Kier molecular flexibility index (Phi) is 5.04. The minimum Gasteiger partial charge on any atom is -0.507 e. The van der Waals surface area contributed by atoms with Crippen molar-refractivity contribution >= 4 is 11.8 Å². The van der Waals surface area contributed by atoms with Crippen molar-refractivity contribution < 1.29 is 23.0 Å². The highest BCUT2D eigenvalue weighted by Crippen LogP contribution is 2.33. The van der Waals surface area contributed by atoms with Gasteiger partial charge in [0.05, 0.1) is 0 Å². The summed E-state index contributed by atoms with van der Waals surface area (Å²) in [6, 6.07) is 5.07. The molecular weight excluding hydrogens is 347 g/mol. The average Bonchev–Trinajstić information content (AvgIpc) is 2.51. The van der Waals surface area contributed by atoms with Gasteiger partial charge in [0.25, 0.3) is 5.56 Å². The molecule has 0 saturated heterocycles. The third-order valence-electron chi connectivity index (χ3n) is 2.83. The van der Waals surface area contributed by atoms with Crippen LogP contribution in [0, 0.1) is 11.3 Å². The summed E-state index contributed by atoms with van der Waals surface area (Å²) in [5, 5.41) is 19.3. The van der Waals surface area contributed by atoms with Crippen LogP contribution in [0.5, 0.6) is 11.5 Å². The molecule has 10 heteroatoms. The monoisotopic (exact) mass is 357 g/mol. The number of hydrogen-bond acceptors (Lipinski definition) is 6. The lowest BCUT2D eigenvalue weighted by Crippen LogP contribution is -2.19. The summed E-state index contributed by atoms with van der Waals surface area (Å²) in [6.07, 6.45) is -2.86. The second kappa shape index (κ2) is 6.84. The van der Waals surface area contributed by atoms with E-state index in [9.17, 15) is 23.1 Å². The molecule has 0 fully saturated rings. The zero-order chi connectivity index (χ0) is 17.9. The van der Waals surface area contributed by atoms with Crippen molar-refractivity contribution in [3.63, 3.8) is 0 Å². The maximum Gasteiger partial charge on any atom is 0.422 e. The van der Waals surface area contributed by atoms with E-state index in [4.69, 9.17) is 5.26 Å². The first-order valence-corrected chi connectivity index (χ1v) is 7.59. The van der Waals surface area contributed by atoms with E-state index in [2.05, 4.69) is 14.7 Å². The van der Waals surface area contributed by atoms with Crippen LogP contribution in [0.4, 0.5) is 13.2 Å². The molecule has 1 aromatic heterocycles. The molecule has 0 saturated carbocycles. The van der Waals surface area contributed by atoms with Gasteiger partial charge < -0.3 is 14.8 Å². The van der Waals surface area contributed by atoms with E-state index in [1.165, 1.54) is 12.1 Å². The summed E-state index contributed by atoms with van der Waals surface area (Å²) in [7, 11) is 0. The van der Waals surface area contributed by atoms with Crippen LogP contribution in [0.25, 0.3) is 11.3 Å². The maximum absolute atomic E-state index is 12.1. The number of ether oxygens (including phenoxy) is 1. The number of benzene rings is 1. The molecule has 1 heterocycles. The number of aromatic nitrogens is 2. The molecule has 0 amide bonds. The molecule has 0 unspecified atom stereocenters. The molecular formula is C14H10F3N3O3S. The van der Waals surface area contributed by atoms with Gasteiger partial charge >= 0.3 is 6.18 Å². The Morgan fingerprint density at radius 1 is 1.46 bits per heavy atom. The van der Waals surface area contributed by atoms with Crippen molar-refractivity contribution in [3.05, 3.63) is 34.1 Å². The first kappa shape index (κ1) is 17.7. The van der Waals surface area contributed by atoms with E-state index in [0.29, 0.717) is 0 Å². The van der Waals surface area contributed by atoms with Gasteiger partial charge in [0.15, 0.2) is 11.8 Å². The second-order valence-corrected chi connectivity index (χ2v) is 5.29. The molecule has 0 atom stereocenters. The van der Waals surface area contributed by atoms with Crippen LogP contribution in [0.3, 0.4) is 0 Å². The predicted molar refractivity (Wildman–Crippen MR) is 80.0 cm³/mol. The van der Waals surface area contributed by atoms with E-state index in [1.54, 1.807) is 12.3 Å². The molecule has 24 heavy (non-hydrogen) atoms. The number of nitrogens with zero attached hydrogens (tertiary/aromatic N) is 2. The minimum absolute atomic E-state index is 0.0345. The van der Waals surface area contributed by atoms with Gasteiger partial charge in [-0.2, -0.15) is 18.4 Å². The fraction of sp³-hybridized carbons (Fsp3) is 0.214. The van der Waals surface area contributed by atoms with E-state index in [1.807, 2.05) is 0 Å². The fourth-order valence-electron chi connectivity index (χ4n) is 1.81. The smallest absolute Gasteiger partial charge is 0.422 e. The molecule has 0 aliphatic carbocycles. The molecule has 0 bridgehead atoms. The number of phenols is 1. The lowest BCUT2D eigenvalue weighted by molar-refractivity contribution is -0.153. The Morgan fingerprint density at radius 2 is 2.17 bits per heavy atom. The third kappa shape index (κ3) is 3.99. The molecule has 0 spiro atoms. The molecule has 0 aliphatic heterocycles. The number of thioether (sulfide) groups is 1. The number of rotatable bonds is 4. The average molecular weight is 357 g/mol. The summed E-state index contributed by atoms with van der Waals surface area (Å²) in [4.78, 5) is 18.3. The van der Waals surface area contributed by atoms with Crippen LogP contribution >= 0.6 is 11.8 Å². The Labute approximate surface area is 137 Å². The number of alkyl halides is 3. The highest BCUT2D eigenvalue weighted by atomic mass is 32.2. The topological polar surface area (TPSA) is 99.0 Å². The highest BCUT2D eigenvalue weighted by molar-refractivity contribution is 7.98. The summed E-state index contributed by atoms with van der Waals surface area (Å²) in [5.41, 5.74) is -1.02. The standard InChI is InChI=1S/C14H10F3N3O3S/c1-24-13-19-11(9(5-18)12(22)20-13)8-3-2-7(4-10(8)21)23-6-14(15,16)17/h2-4,21H,6H2,1H3,(H,19,20,22). The number of phenolic OH excluding ortho intramolecular Hbond substituents is 1. The molecule has 2 rings (SSSR count). The van der Waals surface area contributed by atoms with Crippen molar-refractivity contribution in [2.24, 2.45) is 0 Å². The van der Waals surface area contributed by atoms with Crippen molar-refractivity contribution in [1.82, 2.24) is 9.97 Å². The van der Waals surface area contributed by atoms with E-state index in [-0.39, 0.29) is 27.7 Å². The highest BCUT2D eigenvalue weighted by Gasteiger charge is 2.28. The number of hydrogen-bond donors (Lipinski definition) is 2. The van der Waals surface area contributed by atoms with Crippen LogP contribution in [0.2, 0.25) is 0 Å². The summed E-state index contributed by atoms with van der Waals surface area (Å²) in [6.45, 7) is -1.50. The van der Waals surface area contributed by atoms with Crippen molar-refractivity contribution in [1.29, 1.82) is 5.26 Å². The molecule has 0 radical (unpaired) electrons. The second-order valence-electron chi connectivity index (χ2n) is 4.49. The largest absolute Gasteiger partial charge is 0.507 e. The minimum atomic E-state index is -4.51. The van der Waals surface area contributed by atoms with Crippen LogP contribution in [0.1, 0.15) is 5.56 Å². The number of H-pyrrole nitrogens is 1.